The molecule has 0 amide bonds. The molecule has 0 bridgehead atoms. The van der Waals surface area contributed by atoms with E-state index < -0.39 is 4.92 Å². The molecule has 0 aliphatic carbocycles. The predicted molar refractivity (Wildman–Crippen MR) is 76.3 cm³/mol. The molecular weight excluding hydrogens is 258 g/mol. The van der Waals surface area contributed by atoms with Crippen LogP contribution in [-0.2, 0) is 0 Å². The summed E-state index contributed by atoms with van der Waals surface area (Å²) in [6, 6.07) is 5.18. The van der Waals surface area contributed by atoms with Gasteiger partial charge in [-0.1, -0.05) is 0 Å². The Hall–Kier alpha value is -1.82. The molecule has 1 aromatic rings. The van der Waals surface area contributed by atoms with E-state index in [1.54, 1.807) is 12.1 Å². The van der Waals surface area contributed by atoms with Crippen LogP contribution >= 0.6 is 0 Å². The smallest absolute Gasteiger partial charge is 0.311 e. The first-order chi connectivity index (χ1) is 9.69. The van der Waals surface area contributed by atoms with Crippen LogP contribution in [0.15, 0.2) is 18.2 Å². The van der Waals surface area contributed by atoms with Crippen LogP contribution in [0.25, 0.3) is 0 Å². The summed E-state index contributed by atoms with van der Waals surface area (Å²) in [5.41, 5.74) is 1.06. The first-order valence-electron chi connectivity index (χ1n) is 7.06. The van der Waals surface area contributed by atoms with Crippen molar-refractivity contribution in [2.24, 2.45) is 11.8 Å². The van der Waals surface area contributed by atoms with Gasteiger partial charge in [0.15, 0.2) is 5.75 Å². The molecule has 2 aliphatic heterocycles. The first kappa shape index (κ1) is 13.2. The molecule has 0 saturated carbocycles. The lowest BCUT2D eigenvalue weighted by atomic mass is 10.0. The molecule has 6 nitrogen and oxygen atoms in total. The summed E-state index contributed by atoms with van der Waals surface area (Å²) in [6.07, 6.45) is 0. The fraction of sp³-hybridized carbons (Fsp3) is 0.571. The lowest BCUT2D eigenvalue weighted by molar-refractivity contribution is -0.385. The van der Waals surface area contributed by atoms with Crippen molar-refractivity contribution >= 4 is 11.4 Å². The van der Waals surface area contributed by atoms with Crippen LogP contribution in [0.4, 0.5) is 11.4 Å². The maximum Gasteiger partial charge on any atom is 0.311 e. The van der Waals surface area contributed by atoms with E-state index in [1.807, 2.05) is 13.0 Å². The van der Waals surface area contributed by atoms with Crippen LogP contribution in [-0.4, -0.2) is 37.7 Å². The molecule has 2 fully saturated rings. The number of rotatable bonds is 4. The molecule has 1 N–H and O–H groups in total. The van der Waals surface area contributed by atoms with Crippen LogP contribution in [0, 0.1) is 22.0 Å². The van der Waals surface area contributed by atoms with Crippen LogP contribution in [0.1, 0.15) is 6.92 Å². The predicted octanol–water partition coefficient (Wildman–Crippen LogP) is 1.65. The largest absolute Gasteiger partial charge is 0.487 e. The third-order valence-corrected chi connectivity index (χ3v) is 4.19. The number of hydrogen-bond acceptors (Lipinski definition) is 5. The van der Waals surface area contributed by atoms with Crippen molar-refractivity contribution in [2.75, 3.05) is 37.7 Å². The van der Waals surface area contributed by atoms with Crippen molar-refractivity contribution in [1.29, 1.82) is 0 Å². The maximum absolute atomic E-state index is 11.0. The fourth-order valence-corrected chi connectivity index (χ4v) is 3.19. The molecule has 2 aliphatic rings. The zero-order valence-corrected chi connectivity index (χ0v) is 11.5. The van der Waals surface area contributed by atoms with E-state index >= 15 is 0 Å². The number of fused-ring (bicyclic) bond motifs is 1. The van der Waals surface area contributed by atoms with Crippen molar-refractivity contribution < 1.29 is 9.66 Å². The van der Waals surface area contributed by atoms with Gasteiger partial charge in [0, 0.05) is 44.0 Å². The van der Waals surface area contributed by atoms with Gasteiger partial charge < -0.3 is 15.0 Å². The molecule has 2 unspecified atom stereocenters. The van der Waals surface area contributed by atoms with E-state index in [9.17, 15) is 10.1 Å². The average molecular weight is 277 g/mol. The van der Waals surface area contributed by atoms with E-state index in [2.05, 4.69) is 10.2 Å². The van der Waals surface area contributed by atoms with Crippen molar-refractivity contribution in [3.05, 3.63) is 28.3 Å². The summed E-state index contributed by atoms with van der Waals surface area (Å²) >= 11 is 0. The molecule has 2 heterocycles. The molecule has 20 heavy (non-hydrogen) atoms. The highest BCUT2D eigenvalue weighted by Crippen LogP contribution is 2.35. The Labute approximate surface area is 117 Å². The summed E-state index contributed by atoms with van der Waals surface area (Å²) in [6.45, 7) is 6.45. The molecule has 0 radical (unpaired) electrons. The number of benzene rings is 1. The van der Waals surface area contributed by atoms with E-state index in [-0.39, 0.29) is 5.69 Å². The lowest BCUT2D eigenvalue weighted by Gasteiger charge is -2.20. The Balaban J connectivity index is 1.83. The Morgan fingerprint density at radius 2 is 2.10 bits per heavy atom. The van der Waals surface area contributed by atoms with Crippen molar-refractivity contribution in [1.82, 2.24) is 5.32 Å². The molecule has 0 aromatic heterocycles. The number of ether oxygens (including phenoxy) is 1. The van der Waals surface area contributed by atoms with Gasteiger partial charge in [-0.05, 0) is 24.8 Å². The average Bonchev–Trinajstić information content (AvgIpc) is 2.99. The first-order valence-corrected chi connectivity index (χ1v) is 7.06. The third kappa shape index (κ3) is 2.31. The number of nitrogens with zero attached hydrogens (tertiary/aromatic N) is 2. The SMILES string of the molecule is CCOc1cc(N2CC3CNCC3C2)ccc1[N+](=O)[O-]. The van der Waals surface area contributed by atoms with Crippen molar-refractivity contribution in [3.8, 4) is 5.75 Å². The number of nitro groups is 1. The van der Waals surface area contributed by atoms with Gasteiger partial charge in [-0.2, -0.15) is 0 Å². The highest BCUT2D eigenvalue weighted by atomic mass is 16.6. The topological polar surface area (TPSA) is 67.6 Å². The minimum atomic E-state index is -0.391. The van der Waals surface area contributed by atoms with Crippen LogP contribution in [0.3, 0.4) is 0 Å². The zero-order valence-electron chi connectivity index (χ0n) is 11.5. The molecule has 108 valence electrons. The van der Waals surface area contributed by atoms with Gasteiger partial charge in [0.05, 0.1) is 11.5 Å². The number of hydrogen-bond donors (Lipinski definition) is 1. The highest BCUT2D eigenvalue weighted by Gasteiger charge is 2.36. The standard InChI is InChI=1S/C14H19N3O3/c1-2-20-14-5-12(3-4-13(14)17(18)19)16-8-10-6-15-7-11(10)9-16/h3-5,10-11,15H,2,6-9H2,1H3. The number of anilines is 1. The molecule has 6 heteroatoms. The minimum absolute atomic E-state index is 0.0386. The van der Waals surface area contributed by atoms with Gasteiger partial charge in [-0.3, -0.25) is 10.1 Å². The van der Waals surface area contributed by atoms with E-state index in [1.165, 1.54) is 0 Å². The van der Waals surface area contributed by atoms with Crippen molar-refractivity contribution in [2.45, 2.75) is 6.92 Å². The summed E-state index contributed by atoms with van der Waals surface area (Å²) in [5, 5.41) is 14.4. The second kappa shape index (κ2) is 5.28. The van der Waals surface area contributed by atoms with Crippen LogP contribution in [0.5, 0.6) is 5.75 Å². The second-order valence-corrected chi connectivity index (χ2v) is 5.43. The Morgan fingerprint density at radius 3 is 2.70 bits per heavy atom. The normalized spacial score (nSPS) is 24.8. The van der Waals surface area contributed by atoms with Crippen LogP contribution < -0.4 is 15.0 Å². The Kier molecular flexibility index (Phi) is 3.48. The molecule has 0 spiro atoms. The monoisotopic (exact) mass is 277 g/mol. The molecular formula is C14H19N3O3. The van der Waals surface area contributed by atoms with E-state index in [0.717, 1.165) is 31.9 Å². The molecule has 2 atom stereocenters. The minimum Gasteiger partial charge on any atom is -0.487 e. The van der Waals surface area contributed by atoms with Gasteiger partial charge in [-0.25, -0.2) is 0 Å². The summed E-state index contributed by atoms with van der Waals surface area (Å²) in [4.78, 5) is 12.9. The quantitative estimate of drug-likeness (QED) is 0.669. The summed E-state index contributed by atoms with van der Waals surface area (Å²) in [7, 11) is 0. The van der Waals surface area contributed by atoms with Gasteiger partial charge in [-0.15, -0.1) is 0 Å². The van der Waals surface area contributed by atoms with Crippen molar-refractivity contribution in [3.63, 3.8) is 0 Å². The molecule has 1 aromatic carbocycles. The van der Waals surface area contributed by atoms with Gasteiger partial charge in [0.1, 0.15) is 0 Å². The second-order valence-electron chi connectivity index (χ2n) is 5.43. The number of nitro benzene ring substituents is 1. The number of nitrogens with one attached hydrogen (secondary N) is 1. The Bertz CT molecular complexity index is 508. The van der Waals surface area contributed by atoms with E-state index in [4.69, 9.17) is 4.74 Å². The zero-order chi connectivity index (χ0) is 14.1. The van der Waals surface area contributed by atoms with Gasteiger partial charge in [0.25, 0.3) is 0 Å². The molecule has 2 saturated heterocycles. The summed E-state index contributed by atoms with van der Waals surface area (Å²) < 4.78 is 5.41. The third-order valence-electron chi connectivity index (χ3n) is 4.19. The Morgan fingerprint density at radius 1 is 1.40 bits per heavy atom. The fourth-order valence-electron chi connectivity index (χ4n) is 3.19. The lowest BCUT2D eigenvalue weighted by Crippen LogP contribution is -2.25. The maximum atomic E-state index is 11.0. The van der Waals surface area contributed by atoms with Crippen LogP contribution in [0.2, 0.25) is 0 Å². The van der Waals surface area contributed by atoms with E-state index in [0.29, 0.717) is 24.2 Å². The highest BCUT2D eigenvalue weighted by molar-refractivity contribution is 5.60. The molecule has 3 rings (SSSR count). The van der Waals surface area contributed by atoms with Gasteiger partial charge >= 0.3 is 5.69 Å². The van der Waals surface area contributed by atoms with Gasteiger partial charge in [0.2, 0.25) is 0 Å². The summed E-state index contributed by atoms with van der Waals surface area (Å²) in [5.74, 6) is 1.76.